The molecule has 0 aliphatic carbocycles. The van der Waals surface area contributed by atoms with Crippen LogP contribution in [0.5, 0.6) is 5.75 Å². The van der Waals surface area contributed by atoms with Crippen molar-refractivity contribution in [2.45, 2.75) is 24.6 Å². The molecule has 0 radical (unpaired) electrons. The van der Waals surface area contributed by atoms with E-state index in [2.05, 4.69) is 5.32 Å². The third-order valence-electron chi connectivity index (χ3n) is 3.60. The maximum absolute atomic E-state index is 12.5. The summed E-state index contributed by atoms with van der Waals surface area (Å²) in [5.74, 6) is 0.718. The van der Waals surface area contributed by atoms with Gasteiger partial charge in [-0.05, 0) is 37.6 Å². The van der Waals surface area contributed by atoms with Gasteiger partial charge in [0.1, 0.15) is 5.75 Å². The second-order valence-corrected chi connectivity index (χ2v) is 6.99. The zero-order chi connectivity index (χ0) is 14.6. The van der Waals surface area contributed by atoms with Crippen LogP contribution in [0.2, 0.25) is 0 Å². The molecule has 2 rings (SSSR count). The molecule has 7 heteroatoms. The second kappa shape index (κ2) is 7.98. The van der Waals surface area contributed by atoms with Crippen LogP contribution in [-0.2, 0) is 15.8 Å². The number of rotatable bonds is 6. The van der Waals surface area contributed by atoms with E-state index in [0.717, 1.165) is 18.4 Å². The van der Waals surface area contributed by atoms with Crippen molar-refractivity contribution in [1.29, 1.82) is 0 Å². The van der Waals surface area contributed by atoms with Crippen LogP contribution in [0, 0.1) is 0 Å². The Hall–Kier alpha value is -0.820. The maximum Gasteiger partial charge on any atom is 0.218 e. The first-order chi connectivity index (χ1) is 9.56. The Kier molecular flexibility index (Phi) is 6.93. The summed E-state index contributed by atoms with van der Waals surface area (Å²) in [6, 6.07) is 7.31. The summed E-state index contributed by atoms with van der Waals surface area (Å²) in [7, 11) is 0.161. The van der Waals surface area contributed by atoms with Gasteiger partial charge in [-0.3, -0.25) is 0 Å². The van der Waals surface area contributed by atoms with Crippen LogP contribution in [0.3, 0.4) is 0 Å². The number of ether oxygens (including phenoxy) is 1. The molecule has 1 saturated heterocycles. The fourth-order valence-corrected chi connectivity index (χ4v) is 4.48. The Labute approximate surface area is 133 Å². The molecule has 0 aromatic heterocycles. The van der Waals surface area contributed by atoms with Gasteiger partial charge in [0.25, 0.3) is 0 Å². The predicted molar refractivity (Wildman–Crippen MR) is 86.5 cm³/mol. The normalized spacial score (nSPS) is 19.2. The molecular formula is C14H23ClN2O3S. The highest BCUT2D eigenvalue weighted by atomic mass is 35.5. The van der Waals surface area contributed by atoms with E-state index in [-0.39, 0.29) is 24.2 Å². The molecule has 5 nitrogen and oxygen atoms in total. The molecule has 1 heterocycles. The van der Waals surface area contributed by atoms with E-state index in [1.807, 2.05) is 25.2 Å². The smallest absolute Gasteiger partial charge is 0.218 e. The van der Waals surface area contributed by atoms with Gasteiger partial charge in [-0.15, -0.1) is 12.4 Å². The minimum absolute atomic E-state index is 0. The minimum Gasteiger partial charge on any atom is -0.497 e. The van der Waals surface area contributed by atoms with Crippen LogP contribution in [0.25, 0.3) is 0 Å². The van der Waals surface area contributed by atoms with E-state index in [1.54, 1.807) is 17.5 Å². The largest absolute Gasteiger partial charge is 0.497 e. The summed E-state index contributed by atoms with van der Waals surface area (Å²) < 4.78 is 31.9. The molecule has 120 valence electrons. The fourth-order valence-electron chi connectivity index (χ4n) is 2.67. The first-order valence-corrected chi connectivity index (χ1v) is 8.45. The standard InChI is InChI=1S/C14H22N2O3S.ClH/c1-15-10-13-6-4-8-16(13)20(17,18)11-12-5-3-7-14(9-12)19-2;/h3,5,7,9,13,15H,4,6,8,10-11H2,1-2H3;1H. The third kappa shape index (κ3) is 4.57. The van der Waals surface area contributed by atoms with Crippen molar-refractivity contribution in [3.8, 4) is 5.75 Å². The Bertz CT molecular complexity index is 551. The van der Waals surface area contributed by atoms with Gasteiger partial charge in [-0.2, -0.15) is 4.31 Å². The number of hydrogen-bond acceptors (Lipinski definition) is 4. The first-order valence-electron chi connectivity index (χ1n) is 6.84. The lowest BCUT2D eigenvalue weighted by molar-refractivity contribution is 0.378. The molecule has 0 saturated carbocycles. The van der Waals surface area contributed by atoms with E-state index in [9.17, 15) is 8.42 Å². The molecule has 1 aromatic rings. The molecule has 0 amide bonds. The summed E-state index contributed by atoms with van der Waals surface area (Å²) in [5.41, 5.74) is 0.763. The molecular weight excluding hydrogens is 312 g/mol. The van der Waals surface area contributed by atoms with Gasteiger partial charge in [0.2, 0.25) is 10.0 Å². The lowest BCUT2D eigenvalue weighted by Crippen LogP contribution is -2.41. The predicted octanol–water partition coefficient (Wildman–Crippen LogP) is 1.63. The summed E-state index contributed by atoms with van der Waals surface area (Å²) in [5, 5.41) is 3.07. The number of nitrogens with zero attached hydrogens (tertiary/aromatic N) is 1. The van der Waals surface area contributed by atoms with E-state index < -0.39 is 10.0 Å². The van der Waals surface area contributed by atoms with Crippen molar-refractivity contribution in [3.63, 3.8) is 0 Å². The number of benzene rings is 1. The molecule has 0 bridgehead atoms. The maximum atomic E-state index is 12.5. The number of likely N-dealkylation sites (N-methyl/N-ethyl adjacent to an activating group) is 1. The molecule has 1 N–H and O–H groups in total. The number of nitrogens with one attached hydrogen (secondary N) is 1. The number of halogens is 1. The van der Waals surface area contributed by atoms with E-state index in [4.69, 9.17) is 4.74 Å². The molecule has 0 spiro atoms. The van der Waals surface area contributed by atoms with Gasteiger partial charge in [-0.25, -0.2) is 8.42 Å². The van der Waals surface area contributed by atoms with Gasteiger partial charge in [0.15, 0.2) is 0 Å². The Morgan fingerprint density at radius 2 is 2.19 bits per heavy atom. The molecule has 1 atom stereocenters. The third-order valence-corrected chi connectivity index (χ3v) is 5.50. The summed E-state index contributed by atoms with van der Waals surface area (Å²) >= 11 is 0. The average molecular weight is 335 g/mol. The van der Waals surface area contributed by atoms with Crippen LogP contribution in [-0.4, -0.2) is 46.0 Å². The summed E-state index contributed by atoms with van der Waals surface area (Å²) in [6.07, 6.45) is 1.86. The van der Waals surface area contributed by atoms with Gasteiger partial charge < -0.3 is 10.1 Å². The molecule has 1 aliphatic rings. The molecule has 1 aliphatic heterocycles. The van der Waals surface area contributed by atoms with Crippen molar-refractivity contribution < 1.29 is 13.2 Å². The van der Waals surface area contributed by atoms with Crippen LogP contribution in [0.4, 0.5) is 0 Å². The first kappa shape index (κ1) is 18.2. The number of hydrogen-bond donors (Lipinski definition) is 1. The van der Waals surface area contributed by atoms with Gasteiger partial charge in [0.05, 0.1) is 12.9 Å². The van der Waals surface area contributed by atoms with E-state index >= 15 is 0 Å². The van der Waals surface area contributed by atoms with E-state index in [0.29, 0.717) is 18.8 Å². The summed E-state index contributed by atoms with van der Waals surface area (Å²) in [6.45, 7) is 1.33. The van der Waals surface area contributed by atoms with Crippen molar-refractivity contribution in [1.82, 2.24) is 9.62 Å². The van der Waals surface area contributed by atoms with Crippen molar-refractivity contribution >= 4 is 22.4 Å². The highest BCUT2D eigenvalue weighted by Crippen LogP contribution is 2.24. The van der Waals surface area contributed by atoms with Crippen LogP contribution in [0.15, 0.2) is 24.3 Å². The number of sulfonamides is 1. The lowest BCUT2D eigenvalue weighted by Gasteiger charge is -2.24. The SMILES string of the molecule is CNCC1CCCN1S(=O)(=O)Cc1cccc(OC)c1.Cl. The monoisotopic (exact) mass is 334 g/mol. The molecule has 21 heavy (non-hydrogen) atoms. The highest BCUT2D eigenvalue weighted by Gasteiger charge is 2.33. The second-order valence-electron chi connectivity index (χ2n) is 5.07. The Morgan fingerprint density at radius 3 is 2.86 bits per heavy atom. The van der Waals surface area contributed by atoms with Gasteiger partial charge in [0, 0.05) is 19.1 Å². The van der Waals surface area contributed by atoms with Crippen molar-refractivity contribution in [2.24, 2.45) is 0 Å². The van der Waals surface area contributed by atoms with Crippen LogP contribution >= 0.6 is 12.4 Å². The van der Waals surface area contributed by atoms with Gasteiger partial charge in [-0.1, -0.05) is 12.1 Å². The van der Waals surface area contributed by atoms with Gasteiger partial charge >= 0.3 is 0 Å². The highest BCUT2D eigenvalue weighted by molar-refractivity contribution is 7.88. The molecule has 1 unspecified atom stereocenters. The Balaban J connectivity index is 0.00000220. The lowest BCUT2D eigenvalue weighted by atomic mass is 10.2. The summed E-state index contributed by atoms with van der Waals surface area (Å²) in [4.78, 5) is 0. The molecule has 1 aromatic carbocycles. The molecule has 1 fully saturated rings. The zero-order valence-corrected chi connectivity index (χ0v) is 14.0. The quantitative estimate of drug-likeness (QED) is 0.859. The van der Waals surface area contributed by atoms with Crippen molar-refractivity contribution in [3.05, 3.63) is 29.8 Å². The topological polar surface area (TPSA) is 58.6 Å². The van der Waals surface area contributed by atoms with Crippen LogP contribution < -0.4 is 10.1 Å². The van der Waals surface area contributed by atoms with Crippen molar-refractivity contribution in [2.75, 3.05) is 27.2 Å². The average Bonchev–Trinajstić information content (AvgIpc) is 2.88. The van der Waals surface area contributed by atoms with Crippen LogP contribution in [0.1, 0.15) is 18.4 Å². The zero-order valence-electron chi connectivity index (χ0n) is 12.4. The minimum atomic E-state index is -3.27. The number of methoxy groups -OCH3 is 1. The fraction of sp³-hybridized carbons (Fsp3) is 0.571. The van der Waals surface area contributed by atoms with E-state index in [1.165, 1.54) is 0 Å². The Morgan fingerprint density at radius 1 is 1.43 bits per heavy atom.